The number of ether oxygens (including phenoxy) is 2. The Hall–Kier alpha value is -4.37. The first-order valence-corrected chi connectivity index (χ1v) is 15.6. The number of halogens is 3. The number of fused-ring (bicyclic) bond motifs is 1. The van der Waals surface area contributed by atoms with E-state index in [0.717, 1.165) is 51.0 Å². The second-order valence-electron chi connectivity index (χ2n) is 11.1. The quantitative estimate of drug-likeness (QED) is 0.126. The van der Waals surface area contributed by atoms with Gasteiger partial charge in [-0.3, -0.25) is 9.59 Å². The number of aromatic nitrogens is 1. The summed E-state index contributed by atoms with van der Waals surface area (Å²) in [5, 5.41) is 9.94. The molecule has 0 bridgehead atoms. The first kappa shape index (κ1) is 34.5. The van der Waals surface area contributed by atoms with Crippen LogP contribution in [0.4, 0.5) is 24.5 Å². The number of nitrogens with zero attached hydrogens (tertiary/aromatic N) is 2. The number of anilines is 2. The average molecular weight is 642 g/mol. The van der Waals surface area contributed by atoms with Crippen LogP contribution in [0.2, 0.25) is 0 Å². The molecule has 248 valence electrons. The molecule has 1 fully saturated rings. The minimum absolute atomic E-state index is 0.149. The van der Waals surface area contributed by atoms with Gasteiger partial charge in [-0.2, -0.15) is 13.2 Å². The number of piperidine rings is 1. The second kappa shape index (κ2) is 16.3. The van der Waals surface area contributed by atoms with Gasteiger partial charge in [0.05, 0.1) is 37.2 Å². The van der Waals surface area contributed by atoms with E-state index in [0.29, 0.717) is 40.9 Å². The monoisotopic (exact) mass is 641 g/mol. The lowest BCUT2D eigenvalue weighted by Gasteiger charge is -2.33. The van der Waals surface area contributed by atoms with Crippen LogP contribution in [0, 0.1) is 11.8 Å². The zero-order valence-corrected chi connectivity index (χ0v) is 26.6. The Morgan fingerprint density at radius 3 is 2.54 bits per heavy atom. The molecule has 1 aliphatic rings. The molecular formula is C34H42F3N5O4. The summed E-state index contributed by atoms with van der Waals surface area (Å²) >= 11 is 0. The Labute approximate surface area is 267 Å². The maximum absolute atomic E-state index is 13.7. The predicted molar refractivity (Wildman–Crippen MR) is 173 cm³/mol. The van der Waals surface area contributed by atoms with Gasteiger partial charge in [-0.1, -0.05) is 12.0 Å². The summed E-state index contributed by atoms with van der Waals surface area (Å²) in [6.45, 7) is 3.94. The summed E-state index contributed by atoms with van der Waals surface area (Å²) in [7, 11) is 3.03. The van der Waals surface area contributed by atoms with Gasteiger partial charge < -0.3 is 34.9 Å². The van der Waals surface area contributed by atoms with E-state index < -0.39 is 12.7 Å². The molecule has 3 N–H and O–H groups in total. The van der Waals surface area contributed by atoms with Crippen LogP contribution in [0.3, 0.4) is 0 Å². The number of hydrogen-bond acceptors (Lipinski definition) is 7. The van der Waals surface area contributed by atoms with E-state index in [1.165, 1.54) is 18.7 Å². The molecule has 4 rings (SSSR count). The number of methoxy groups -OCH3 is 1. The third kappa shape index (κ3) is 9.57. The summed E-state index contributed by atoms with van der Waals surface area (Å²) in [6.07, 6.45) is -0.439. The molecule has 3 aromatic rings. The van der Waals surface area contributed by atoms with Gasteiger partial charge in [-0.25, -0.2) is 0 Å². The maximum atomic E-state index is 13.7. The van der Waals surface area contributed by atoms with Gasteiger partial charge in [0.2, 0.25) is 0 Å². The molecule has 0 spiro atoms. The SMILES string of the molecule is CCOC(=O)CCCCN1CCC(Nc2cccc3c2cc(C#CCNc2ccc(C(=O)NC)cc2OC)n3CC(F)(F)F)CC1. The van der Waals surface area contributed by atoms with E-state index in [4.69, 9.17) is 9.47 Å². The number of alkyl halides is 3. The number of esters is 1. The third-order valence-corrected chi connectivity index (χ3v) is 7.92. The van der Waals surface area contributed by atoms with Crippen molar-refractivity contribution in [2.45, 2.75) is 57.8 Å². The predicted octanol–water partition coefficient (Wildman–Crippen LogP) is 5.65. The Morgan fingerprint density at radius 1 is 1.07 bits per heavy atom. The summed E-state index contributed by atoms with van der Waals surface area (Å²) in [5.74, 6) is 5.92. The topological polar surface area (TPSA) is 96.9 Å². The van der Waals surface area contributed by atoms with Gasteiger partial charge in [-0.15, -0.1) is 0 Å². The lowest BCUT2D eigenvalue weighted by molar-refractivity contribution is -0.143. The fraction of sp³-hybridized carbons (Fsp3) is 0.471. The highest BCUT2D eigenvalue weighted by Gasteiger charge is 2.30. The standard InChI is InChI=1S/C34H42F3N5O4/c1-4-46-32(43)12-5-6-18-41-19-15-25(16-20-41)40-28-10-7-11-30-27(28)22-26(42(30)23-34(35,36)37)9-8-17-39-29-14-13-24(33(44)38-2)21-31(29)45-3/h7,10-11,13-14,21-22,25,39-40H,4-6,12,15-20,23H2,1-3H3,(H,38,44). The van der Waals surface area contributed by atoms with Crippen LogP contribution in [0.25, 0.3) is 10.9 Å². The zero-order chi connectivity index (χ0) is 33.1. The van der Waals surface area contributed by atoms with Crippen LogP contribution in [0.15, 0.2) is 42.5 Å². The van der Waals surface area contributed by atoms with Gasteiger partial charge in [-0.05, 0) is 81.5 Å². The van der Waals surface area contributed by atoms with Crippen LogP contribution in [0.5, 0.6) is 5.75 Å². The molecule has 1 amide bonds. The number of amides is 1. The van der Waals surface area contributed by atoms with E-state index in [1.54, 1.807) is 43.3 Å². The molecule has 0 aliphatic carbocycles. The van der Waals surface area contributed by atoms with E-state index >= 15 is 0 Å². The first-order valence-electron chi connectivity index (χ1n) is 15.6. The summed E-state index contributed by atoms with van der Waals surface area (Å²) in [6, 6.07) is 12.2. The van der Waals surface area contributed by atoms with Crippen LogP contribution in [-0.2, 0) is 16.1 Å². The van der Waals surface area contributed by atoms with E-state index in [9.17, 15) is 22.8 Å². The largest absolute Gasteiger partial charge is 0.495 e. The molecule has 0 unspecified atom stereocenters. The van der Waals surface area contributed by atoms with E-state index in [-0.39, 0.29) is 30.2 Å². The van der Waals surface area contributed by atoms with Gasteiger partial charge in [0.25, 0.3) is 5.91 Å². The number of carbonyl (C=O) groups excluding carboxylic acids is 2. The molecule has 12 heteroatoms. The van der Waals surface area contributed by atoms with Crippen molar-refractivity contribution in [3.05, 3.63) is 53.7 Å². The summed E-state index contributed by atoms with van der Waals surface area (Å²) in [4.78, 5) is 25.9. The van der Waals surface area contributed by atoms with Crippen molar-refractivity contribution >= 4 is 34.2 Å². The van der Waals surface area contributed by atoms with Crippen molar-refractivity contribution in [1.82, 2.24) is 14.8 Å². The Kier molecular flexibility index (Phi) is 12.2. The number of rotatable bonds is 13. The van der Waals surface area contributed by atoms with Crippen molar-refractivity contribution in [3.8, 4) is 17.6 Å². The van der Waals surface area contributed by atoms with E-state index in [2.05, 4.69) is 32.7 Å². The first-order chi connectivity index (χ1) is 22.1. The molecule has 2 aromatic carbocycles. The smallest absolute Gasteiger partial charge is 0.406 e. The van der Waals surface area contributed by atoms with Crippen LogP contribution in [0.1, 0.15) is 55.1 Å². The van der Waals surface area contributed by atoms with Crippen molar-refractivity contribution < 1.29 is 32.2 Å². The fourth-order valence-electron chi connectivity index (χ4n) is 5.62. The van der Waals surface area contributed by atoms with Crippen molar-refractivity contribution in [2.24, 2.45) is 0 Å². The molecule has 0 radical (unpaired) electrons. The normalized spacial score (nSPS) is 14.0. The maximum Gasteiger partial charge on any atom is 0.406 e. The highest BCUT2D eigenvalue weighted by Crippen LogP contribution is 2.31. The van der Waals surface area contributed by atoms with Crippen LogP contribution in [-0.4, -0.2) is 80.5 Å². The summed E-state index contributed by atoms with van der Waals surface area (Å²) < 4.78 is 52.6. The molecule has 0 atom stereocenters. The number of carbonyl (C=O) groups is 2. The second-order valence-corrected chi connectivity index (χ2v) is 11.1. The Balaban J connectivity index is 1.42. The van der Waals surface area contributed by atoms with Crippen molar-refractivity contribution in [3.63, 3.8) is 0 Å². The van der Waals surface area contributed by atoms with Gasteiger partial charge in [0.15, 0.2) is 0 Å². The lowest BCUT2D eigenvalue weighted by atomic mass is 10.0. The molecule has 1 aromatic heterocycles. The third-order valence-electron chi connectivity index (χ3n) is 7.92. The van der Waals surface area contributed by atoms with E-state index in [1.807, 2.05) is 6.07 Å². The van der Waals surface area contributed by atoms with Crippen LogP contribution >= 0.6 is 0 Å². The van der Waals surface area contributed by atoms with Crippen molar-refractivity contribution in [2.75, 3.05) is 57.6 Å². The molecule has 0 saturated carbocycles. The van der Waals surface area contributed by atoms with Crippen LogP contribution < -0.4 is 20.7 Å². The molecule has 1 saturated heterocycles. The van der Waals surface area contributed by atoms with Gasteiger partial charge in [0.1, 0.15) is 12.3 Å². The number of unbranched alkanes of at least 4 members (excludes halogenated alkanes) is 1. The molecule has 46 heavy (non-hydrogen) atoms. The zero-order valence-electron chi connectivity index (χ0n) is 26.6. The molecule has 1 aliphatic heterocycles. The Bertz CT molecular complexity index is 1550. The number of nitrogens with one attached hydrogen (secondary N) is 3. The Morgan fingerprint density at radius 2 is 1.85 bits per heavy atom. The fourth-order valence-corrected chi connectivity index (χ4v) is 5.62. The number of likely N-dealkylation sites (tertiary alicyclic amines) is 1. The minimum Gasteiger partial charge on any atom is -0.495 e. The number of hydrogen-bond donors (Lipinski definition) is 3. The highest BCUT2D eigenvalue weighted by atomic mass is 19.4. The van der Waals surface area contributed by atoms with Gasteiger partial charge >= 0.3 is 12.1 Å². The average Bonchev–Trinajstić information content (AvgIpc) is 3.38. The van der Waals surface area contributed by atoms with Crippen molar-refractivity contribution in [1.29, 1.82) is 0 Å². The molecule has 9 nitrogen and oxygen atoms in total. The lowest BCUT2D eigenvalue weighted by Crippen LogP contribution is -2.39. The minimum atomic E-state index is -4.42. The number of benzene rings is 2. The molecular weight excluding hydrogens is 599 g/mol. The highest BCUT2D eigenvalue weighted by molar-refractivity contribution is 5.95. The van der Waals surface area contributed by atoms with Gasteiger partial charge in [0, 0.05) is 49.2 Å². The molecule has 2 heterocycles. The summed E-state index contributed by atoms with van der Waals surface area (Å²) in [5.41, 5.74) is 2.56.